The second-order valence-electron chi connectivity index (χ2n) is 11.7. The summed E-state index contributed by atoms with van der Waals surface area (Å²) in [5.74, 6) is 0.519. The van der Waals surface area contributed by atoms with Crippen LogP contribution in [-0.2, 0) is 22.6 Å². The fourth-order valence-electron chi connectivity index (χ4n) is 6.49. The highest BCUT2D eigenvalue weighted by molar-refractivity contribution is 5.93. The average Bonchev–Trinajstić information content (AvgIpc) is 3.34. The van der Waals surface area contributed by atoms with Crippen LogP contribution in [0.4, 0.5) is 0 Å². The van der Waals surface area contributed by atoms with Crippen molar-refractivity contribution in [3.05, 3.63) is 92.2 Å². The van der Waals surface area contributed by atoms with Gasteiger partial charge in [-0.3, -0.25) is 19.2 Å². The molecule has 4 unspecified atom stereocenters. The number of carbonyl (C=O) groups excluding carboxylic acids is 2. The number of amides is 2. The Labute approximate surface area is 243 Å². The third kappa shape index (κ3) is 5.08. The monoisotopic (exact) mass is 569 g/mol. The third-order valence-corrected chi connectivity index (χ3v) is 8.74. The van der Waals surface area contributed by atoms with Crippen LogP contribution in [0, 0.1) is 18.8 Å². The number of piperidine rings is 1. The number of fused-ring (bicyclic) bond motifs is 5. The minimum absolute atomic E-state index is 0.000562. The van der Waals surface area contributed by atoms with E-state index < -0.39 is 6.04 Å². The fraction of sp³-hybridized carbons (Fsp3) is 0.394. The fourth-order valence-corrected chi connectivity index (χ4v) is 6.49. The Balaban J connectivity index is 1.27. The topological polar surface area (TPSA) is 115 Å². The minimum Gasteiger partial charge on any atom is -0.457 e. The molecule has 0 saturated carbocycles. The van der Waals surface area contributed by atoms with Crippen LogP contribution in [0.2, 0.25) is 0 Å². The van der Waals surface area contributed by atoms with Gasteiger partial charge in [0, 0.05) is 48.9 Å². The lowest BCUT2D eigenvalue weighted by Crippen LogP contribution is -2.56. The molecule has 9 nitrogen and oxygen atoms in total. The first-order chi connectivity index (χ1) is 20.2. The Bertz CT molecular complexity index is 1770. The number of pyridine rings is 1. The van der Waals surface area contributed by atoms with Crippen LogP contribution in [-0.4, -0.2) is 40.4 Å². The van der Waals surface area contributed by atoms with Crippen molar-refractivity contribution in [3.63, 3.8) is 0 Å². The molecule has 0 spiro atoms. The number of rotatable bonds is 7. The molecule has 2 bridgehead atoms. The molecule has 0 aliphatic carbocycles. The number of hydrogen-bond donors (Lipinski definition) is 1. The van der Waals surface area contributed by atoms with Gasteiger partial charge in [0.2, 0.25) is 22.8 Å². The van der Waals surface area contributed by atoms with Crippen LogP contribution in [0.5, 0.6) is 0 Å². The standard InChI is InChI=1S/C33H35N3O6/c1-4-19(2)29(33(40)35-16-21-14-23(18-35)25-11-8-12-28(39)36(25)17-21)34-27(38)15-24-30(22-9-6-5-7-10-22)42-32-26(37)13-20(3)41-31(24)32/h5-13,19,21,23,29H,4,14-18H2,1-3H3,(H,34,38). The van der Waals surface area contributed by atoms with Crippen molar-refractivity contribution in [2.45, 2.75) is 58.5 Å². The van der Waals surface area contributed by atoms with Gasteiger partial charge < -0.3 is 23.6 Å². The first-order valence-electron chi connectivity index (χ1n) is 14.6. The Morgan fingerprint density at radius 1 is 1.00 bits per heavy atom. The van der Waals surface area contributed by atoms with E-state index in [-0.39, 0.29) is 58.1 Å². The van der Waals surface area contributed by atoms with Crippen LogP contribution in [0.1, 0.15) is 49.6 Å². The predicted octanol–water partition coefficient (Wildman–Crippen LogP) is 4.24. The Morgan fingerprint density at radius 2 is 1.79 bits per heavy atom. The van der Waals surface area contributed by atoms with Gasteiger partial charge in [-0.05, 0) is 31.2 Å². The predicted molar refractivity (Wildman–Crippen MR) is 158 cm³/mol. The molecule has 1 fully saturated rings. The number of benzene rings is 1. The van der Waals surface area contributed by atoms with Crippen LogP contribution < -0.4 is 16.3 Å². The van der Waals surface area contributed by atoms with Crippen LogP contribution >= 0.6 is 0 Å². The highest BCUT2D eigenvalue weighted by Gasteiger charge is 2.39. The number of furan rings is 1. The number of aromatic nitrogens is 1. The summed E-state index contributed by atoms with van der Waals surface area (Å²) < 4.78 is 13.7. The van der Waals surface area contributed by atoms with E-state index in [0.717, 1.165) is 17.7 Å². The minimum atomic E-state index is -0.716. The van der Waals surface area contributed by atoms with E-state index in [2.05, 4.69) is 5.32 Å². The Morgan fingerprint density at radius 3 is 2.55 bits per heavy atom. The van der Waals surface area contributed by atoms with Crippen molar-refractivity contribution in [1.29, 1.82) is 0 Å². The average molecular weight is 570 g/mol. The maximum absolute atomic E-state index is 14.0. The molecule has 3 aromatic heterocycles. The summed E-state index contributed by atoms with van der Waals surface area (Å²) in [6, 6.07) is 15.3. The highest BCUT2D eigenvalue weighted by atomic mass is 16.4. The van der Waals surface area contributed by atoms with Gasteiger partial charge in [0.25, 0.3) is 5.56 Å². The van der Waals surface area contributed by atoms with Gasteiger partial charge in [0.15, 0.2) is 5.58 Å². The van der Waals surface area contributed by atoms with Gasteiger partial charge in [-0.1, -0.05) is 56.7 Å². The summed E-state index contributed by atoms with van der Waals surface area (Å²) in [6.45, 7) is 7.30. The normalized spacial score (nSPS) is 19.3. The van der Waals surface area contributed by atoms with E-state index in [1.54, 1.807) is 19.1 Å². The summed E-state index contributed by atoms with van der Waals surface area (Å²) in [5.41, 5.74) is 2.16. The van der Waals surface area contributed by atoms with Gasteiger partial charge in [-0.15, -0.1) is 0 Å². The summed E-state index contributed by atoms with van der Waals surface area (Å²) >= 11 is 0. The molecule has 2 amide bonds. The molecule has 4 atom stereocenters. The lowest BCUT2D eigenvalue weighted by atomic mass is 9.82. The smallest absolute Gasteiger partial charge is 0.250 e. The molecule has 0 radical (unpaired) electrons. The van der Waals surface area contributed by atoms with Crippen molar-refractivity contribution in [2.75, 3.05) is 13.1 Å². The molecular weight excluding hydrogens is 534 g/mol. The largest absolute Gasteiger partial charge is 0.457 e. The van der Waals surface area contributed by atoms with Gasteiger partial charge in [-0.25, -0.2) is 0 Å². The Kier molecular flexibility index (Phi) is 7.35. The van der Waals surface area contributed by atoms with E-state index in [4.69, 9.17) is 8.83 Å². The summed E-state index contributed by atoms with van der Waals surface area (Å²) in [7, 11) is 0. The molecule has 1 N–H and O–H groups in total. The zero-order chi connectivity index (χ0) is 29.5. The lowest BCUT2D eigenvalue weighted by molar-refractivity contribution is -0.140. The summed E-state index contributed by atoms with van der Waals surface area (Å²) in [6.07, 6.45) is 1.52. The van der Waals surface area contributed by atoms with E-state index in [0.29, 0.717) is 43.1 Å². The molecule has 5 heterocycles. The van der Waals surface area contributed by atoms with E-state index in [1.165, 1.54) is 6.07 Å². The number of nitrogens with zero attached hydrogens (tertiary/aromatic N) is 2. The number of likely N-dealkylation sites (tertiary alicyclic amines) is 1. The number of hydrogen-bond acceptors (Lipinski definition) is 6. The number of carbonyl (C=O) groups is 2. The maximum Gasteiger partial charge on any atom is 0.250 e. The van der Waals surface area contributed by atoms with E-state index >= 15 is 0 Å². The molecule has 9 heteroatoms. The quantitative estimate of drug-likeness (QED) is 0.356. The molecule has 4 aromatic rings. The van der Waals surface area contributed by atoms with Crippen LogP contribution in [0.15, 0.2) is 73.0 Å². The molecule has 6 rings (SSSR count). The second kappa shape index (κ2) is 11.1. The lowest BCUT2D eigenvalue weighted by Gasteiger charge is -2.44. The molecular formula is C33H35N3O6. The zero-order valence-electron chi connectivity index (χ0n) is 24.1. The number of nitrogens with one attached hydrogen (secondary N) is 1. The highest BCUT2D eigenvalue weighted by Crippen LogP contribution is 2.36. The summed E-state index contributed by atoms with van der Waals surface area (Å²) in [4.78, 5) is 54.6. The SMILES string of the molecule is CCC(C)C(NC(=O)Cc1c(-c2ccccc2)oc2c(=O)cc(C)oc12)C(=O)N1CC2CC(C1)c1cccc(=O)n1C2. The van der Waals surface area contributed by atoms with Gasteiger partial charge in [-0.2, -0.15) is 0 Å². The van der Waals surface area contributed by atoms with Crippen molar-refractivity contribution < 1.29 is 18.4 Å². The summed E-state index contributed by atoms with van der Waals surface area (Å²) in [5, 5.41) is 3.02. The molecule has 1 saturated heterocycles. The first-order valence-corrected chi connectivity index (χ1v) is 14.6. The zero-order valence-corrected chi connectivity index (χ0v) is 24.1. The van der Waals surface area contributed by atoms with Crippen LogP contribution in [0.3, 0.4) is 0 Å². The first kappa shape index (κ1) is 27.8. The van der Waals surface area contributed by atoms with Gasteiger partial charge in [0.05, 0.1) is 12.0 Å². The van der Waals surface area contributed by atoms with Crippen molar-refractivity contribution in [2.24, 2.45) is 11.8 Å². The molecule has 2 aliphatic rings. The van der Waals surface area contributed by atoms with Crippen LogP contribution in [0.25, 0.3) is 22.5 Å². The van der Waals surface area contributed by atoms with Gasteiger partial charge >= 0.3 is 0 Å². The van der Waals surface area contributed by atoms with Crippen molar-refractivity contribution in [3.8, 4) is 11.3 Å². The van der Waals surface area contributed by atoms with Crippen molar-refractivity contribution in [1.82, 2.24) is 14.8 Å². The molecule has 2 aliphatic heterocycles. The van der Waals surface area contributed by atoms with Gasteiger partial charge in [0.1, 0.15) is 17.6 Å². The number of aryl methyl sites for hydroxylation is 1. The third-order valence-electron chi connectivity index (χ3n) is 8.74. The molecule has 1 aromatic carbocycles. The Hall–Kier alpha value is -4.40. The second-order valence-corrected chi connectivity index (χ2v) is 11.7. The van der Waals surface area contributed by atoms with E-state index in [1.807, 2.05) is 59.7 Å². The van der Waals surface area contributed by atoms with E-state index in [9.17, 15) is 19.2 Å². The van der Waals surface area contributed by atoms with Crippen molar-refractivity contribution >= 4 is 23.0 Å². The maximum atomic E-state index is 14.0. The molecule has 42 heavy (non-hydrogen) atoms. The molecule has 218 valence electrons.